The molecular weight excluding hydrogens is 148 g/mol. The number of aryl methyl sites for hydroxylation is 2. The molecule has 0 spiro atoms. The Labute approximate surface area is 73.7 Å². The van der Waals surface area contributed by atoms with Gasteiger partial charge in [0.05, 0.1) is 6.26 Å². The smallest absolute Gasteiger partial charge is 0.132 e. The minimum absolute atomic E-state index is 0.968. The molecule has 0 aliphatic carbocycles. The van der Waals surface area contributed by atoms with E-state index in [4.69, 9.17) is 4.74 Å². The van der Waals surface area contributed by atoms with Crippen molar-refractivity contribution in [3.8, 4) is 5.75 Å². The van der Waals surface area contributed by atoms with Crippen LogP contribution < -0.4 is 4.74 Å². The van der Waals surface area contributed by atoms with E-state index < -0.39 is 0 Å². The van der Waals surface area contributed by atoms with Crippen LogP contribution in [0.5, 0.6) is 5.75 Å². The second-order valence-corrected chi connectivity index (χ2v) is 2.81. The van der Waals surface area contributed by atoms with Crippen LogP contribution in [0.3, 0.4) is 0 Å². The first kappa shape index (κ1) is 8.85. The lowest BCUT2D eigenvalue weighted by atomic mass is 10.1. The Kier molecular flexibility index (Phi) is 2.92. The van der Waals surface area contributed by atoms with E-state index in [0.29, 0.717) is 0 Å². The summed E-state index contributed by atoms with van der Waals surface area (Å²) in [7, 11) is 0. The second-order valence-electron chi connectivity index (χ2n) is 2.81. The summed E-state index contributed by atoms with van der Waals surface area (Å²) >= 11 is 0. The van der Waals surface area contributed by atoms with E-state index in [9.17, 15) is 0 Å². The molecule has 0 heterocycles. The zero-order chi connectivity index (χ0) is 8.97. The zero-order valence-corrected chi connectivity index (χ0v) is 7.79. The van der Waals surface area contributed by atoms with Crippen molar-refractivity contribution in [2.45, 2.75) is 20.8 Å². The average Bonchev–Trinajstić information content (AvgIpc) is 2.04. The Bertz CT molecular complexity index is 267. The highest BCUT2D eigenvalue weighted by molar-refractivity contribution is 5.40. The van der Waals surface area contributed by atoms with Crippen LogP contribution in [0.4, 0.5) is 0 Å². The normalized spacial score (nSPS) is 10.6. The fraction of sp³-hybridized carbons (Fsp3) is 0.273. The first-order valence-corrected chi connectivity index (χ1v) is 4.09. The van der Waals surface area contributed by atoms with E-state index in [2.05, 4.69) is 0 Å². The van der Waals surface area contributed by atoms with Gasteiger partial charge in [-0.25, -0.2) is 0 Å². The minimum Gasteiger partial charge on any atom is -0.465 e. The minimum atomic E-state index is 0.968. The van der Waals surface area contributed by atoms with Crippen LogP contribution in [-0.4, -0.2) is 0 Å². The monoisotopic (exact) mass is 162 g/mol. The lowest BCUT2D eigenvalue weighted by Crippen LogP contribution is -1.88. The molecule has 0 saturated carbocycles. The van der Waals surface area contributed by atoms with Crippen LogP contribution in [-0.2, 0) is 0 Å². The maximum absolute atomic E-state index is 5.44. The van der Waals surface area contributed by atoms with E-state index in [1.807, 2.05) is 45.0 Å². The third kappa shape index (κ3) is 1.88. The number of benzene rings is 1. The Hall–Kier alpha value is -1.24. The third-order valence-electron chi connectivity index (χ3n) is 1.73. The molecule has 0 radical (unpaired) electrons. The number of para-hydroxylation sites is 1. The van der Waals surface area contributed by atoms with Gasteiger partial charge in [0.2, 0.25) is 0 Å². The van der Waals surface area contributed by atoms with Crippen molar-refractivity contribution in [3.05, 3.63) is 41.7 Å². The zero-order valence-electron chi connectivity index (χ0n) is 7.79. The standard InChI is InChI=1S/C11H14O/c1-4-8-12-11-9(2)6-5-7-10(11)3/h4-8H,1-3H3. The van der Waals surface area contributed by atoms with Crippen LogP contribution in [0, 0.1) is 13.8 Å². The van der Waals surface area contributed by atoms with Crippen LogP contribution in [0.1, 0.15) is 18.1 Å². The molecule has 0 aliphatic rings. The van der Waals surface area contributed by atoms with Gasteiger partial charge in [0.25, 0.3) is 0 Å². The Balaban J connectivity index is 2.96. The molecule has 0 N–H and O–H groups in total. The van der Waals surface area contributed by atoms with Crippen LogP contribution in [0.2, 0.25) is 0 Å². The molecule has 1 rings (SSSR count). The van der Waals surface area contributed by atoms with Crippen molar-refractivity contribution in [2.24, 2.45) is 0 Å². The van der Waals surface area contributed by atoms with Crippen molar-refractivity contribution < 1.29 is 4.74 Å². The molecule has 64 valence electrons. The molecule has 1 aromatic carbocycles. The molecule has 0 saturated heterocycles. The molecule has 1 aromatic rings. The van der Waals surface area contributed by atoms with Gasteiger partial charge in [-0.1, -0.05) is 24.3 Å². The van der Waals surface area contributed by atoms with E-state index in [1.165, 1.54) is 11.1 Å². The predicted octanol–water partition coefficient (Wildman–Crippen LogP) is 3.22. The largest absolute Gasteiger partial charge is 0.465 e. The van der Waals surface area contributed by atoms with Crippen molar-refractivity contribution in [1.29, 1.82) is 0 Å². The number of rotatable bonds is 2. The highest BCUT2D eigenvalue weighted by Gasteiger charge is 1.99. The van der Waals surface area contributed by atoms with Crippen molar-refractivity contribution in [2.75, 3.05) is 0 Å². The summed E-state index contributed by atoms with van der Waals surface area (Å²) in [6.45, 7) is 6.03. The molecule has 0 atom stereocenters. The summed E-state index contributed by atoms with van der Waals surface area (Å²) in [4.78, 5) is 0. The summed E-state index contributed by atoms with van der Waals surface area (Å²) in [5.74, 6) is 0.968. The lowest BCUT2D eigenvalue weighted by Gasteiger charge is -2.06. The highest BCUT2D eigenvalue weighted by Crippen LogP contribution is 2.22. The third-order valence-corrected chi connectivity index (χ3v) is 1.73. The molecule has 0 fully saturated rings. The molecule has 0 amide bonds. The first-order chi connectivity index (χ1) is 5.75. The summed E-state index contributed by atoms with van der Waals surface area (Å²) in [6, 6.07) is 6.13. The maximum atomic E-state index is 5.44. The van der Waals surface area contributed by atoms with Gasteiger partial charge in [-0.05, 0) is 31.9 Å². The van der Waals surface area contributed by atoms with Gasteiger partial charge < -0.3 is 4.74 Å². The molecule has 12 heavy (non-hydrogen) atoms. The highest BCUT2D eigenvalue weighted by atomic mass is 16.5. The fourth-order valence-corrected chi connectivity index (χ4v) is 1.12. The number of hydrogen-bond acceptors (Lipinski definition) is 1. The van der Waals surface area contributed by atoms with Gasteiger partial charge >= 0.3 is 0 Å². The molecule has 1 nitrogen and oxygen atoms in total. The van der Waals surface area contributed by atoms with E-state index in [1.54, 1.807) is 6.26 Å². The van der Waals surface area contributed by atoms with Gasteiger partial charge in [0.1, 0.15) is 5.75 Å². The van der Waals surface area contributed by atoms with E-state index in [-0.39, 0.29) is 0 Å². The van der Waals surface area contributed by atoms with Gasteiger partial charge in [0, 0.05) is 0 Å². The van der Waals surface area contributed by atoms with Gasteiger partial charge in [-0.15, -0.1) is 0 Å². The van der Waals surface area contributed by atoms with Crippen LogP contribution in [0.25, 0.3) is 0 Å². The summed E-state index contributed by atoms with van der Waals surface area (Å²) < 4.78 is 5.44. The summed E-state index contributed by atoms with van der Waals surface area (Å²) in [5.41, 5.74) is 2.35. The summed E-state index contributed by atoms with van der Waals surface area (Å²) in [5, 5.41) is 0. The van der Waals surface area contributed by atoms with Crippen LogP contribution >= 0.6 is 0 Å². The first-order valence-electron chi connectivity index (χ1n) is 4.09. The van der Waals surface area contributed by atoms with Crippen molar-refractivity contribution in [3.63, 3.8) is 0 Å². The molecular formula is C11H14O. The Morgan fingerprint density at radius 3 is 2.25 bits per heavy atom. The predicted molar refractivity (Wildman–Crippen MR) is 51.4 cm³/mol. The quantitative estimate of drug-likeness (QED) is 0.607. The van der Waals surface area contributed by atoms with E-state index >= 15 is 0 Å². The number of hydrogen-bond donors (Lipinski definition) is 0. The fourth-order valence-electron chi connectivity index (χ4n) is 1.12. The molecule has 0 unspecified atom stereocenters. The lowest BCUT2D eigenvalue weighted by molar-refractivity contribution is 0.473. The van der Waals surface area contributed by atoms with Crippen LogP contribution in [0.15, 0.2) is 30.5 Å². The molecule has 0 aliphatic heterocycles. The molecule has 1 heteroatoms. The number of ether oxygens (including phenoxy) is 1. The van der Waals surface area contributed by atoms with Gasteiger partial charge in [0.15, 0.2) is 0 Å². The van der Waals surface area contributed by atoms with Gasteiger partial charge in [-0.3, -0.25) is 0 Å². The Morgan fingerprint density at radius 1 is 1.17 bits per heavy atom. The summed E-state index contributed by atoms with van der Waals surface area (Å²) in [6.07, 6.45) is 3.58. The molecule has 0 bridgehead atoms. The van der Waals surface area contributed by atoms with E-state index in [0.717, 1.165) is 5.75 Å². The van der Waals surface area contributed by atoms with Gasteiger partial charge in [-0.2, -0.15) is 0 Å². The SMILES string of the molecule is CC=COc1c(C)cccc1C. The second kappa shape index (κ2) is 3.96. The average molecular weight is 162 g/mol. The van der Waals surface area contributed by atoms with Crippen molar-refractivity contribution >= 4 is 0 Å². The number of allylic oxidation sites excluding steroid dienone is 1. The Morgan fingerprint density at radius 2 is 1.75 bits per heavy atom. The molecule has 0 aromatic heterocycles. The topological polar surface area (TPSA) is 9.23 Å². The maximum Gasteiger partial charge on any atom is 0.132 e. The van der Waals surface area contributed by atoms with Crippen molar-refractivity contribution in [1.82, 2.24) is 0 Å².